The molecule has 1 rings (SSSR count). The Labute approximate surface area is 98.6 Å². The van der Waals surface area contributed by atoms with Crippen molar-refractivity contribution in [1.82, 2.24) is 0 Å². The van der Waals surface area contributed by atoms with E-state index in [4.69, 9.17) is 16.7 Å². The van der Waals surface area contributed by atoms with E-state index in [1.54, 1.807) is 30.0 Å². The molecule has 0 bridgehead atoms. The van der Waals surface area contributed by atoms with Crippen LogP contribution in [0.5, 0.6) is 0 Å². The number of hydrogen-bond donors (Lipinski definition) is 1. The van der Waals surface area contributed by atoms with E-state index in [2.05, 4.69) is 13.8 Å². The van der Waals surface area contributed by atoms with Crippen molar-refractivity contribution in [3.63, 3.8) is 0 Å². The zero-order chi connectivity index (χ0) is 11.4. The second-order valence-electron chi connectivity index (χ2n) is 3.25. The summed E-state index contributed by atoms with van der Waals surface area (Å²) in [6.07, 6.45) is 0.996. The van der Waals surface area contributed by atoms with Crippen LogP contribution in [-0.2, 0) is 0 Å². The van der Waals surface area contributed by atoms with Crippen molar-refractivity contribution in [2.45, 2.75) is 30.4 Å². The van der Waals surface area contributed by atoms with Gasteiger partial charge in [0, 0.05) is 10.1 Å². The van der Waals surface area contributed by atoms with Crippen molar-refractivity contribution in [3.8, 4) is 0 Å². The van der Waals surface area contributed by atoms with Crippen LogP contribution in [-0.4, -0.2) is 16.3 Å². The summed E-state index contributed by atoms with van der Waals surface area (Å²) in [6.45, 7) is 4.14. The molecule has 1 atom stereocenters. The molecule has 0 fully saturated rings. The lowest BCUT2D eigenvalue weighted by Gasteiger charge is -2.11. The second kappa shape index (κ2) is 5.42. The molecule has 0 saturated heterocycles. The Kier molecular flexibility index (Phi) is 4.48. The smallest absolute Gasteiger partial charge is 0.338 e. The average Bonchev–Trinajstić information content (AvgIpc) is 2.17. The van der Waals surface area contributed by atoms with Gasteiger partial charge in [0.15, 0.2) is 0 Å². The summed E-state index contributed by atoms with van der Waals surface area (Å²) < 4.78 is 0. The third-order valence-corrected chi connectivity index (χ3v) is 3.74. The van der Waals surface area contributed by atoms with Crippen LogP contribution in [0.3, 0.4) is 0 Å². The van der Waals surface area contributed by atoms with Crippen LogP contribution in [0.2, 0.25) is 5.02 Å². The molecule has 0 aromatic heterocycles. The topological polar surface area (TPSA) is 37.3 Å². The molecule has 4 heteroatoms. The third kappa shape index (κ3) is 3.14. The Hall–Kier alpha value is -0.670. The molecule has 82 valence electrons. The molecule has 0 spiro atoms. The van der Waals surface area contributed by atoms with Crippen LogP contribution < -0.4 is 0 Å². The van der Waals surface area contributed by atoms with Crippen LogP contribution >= 0.6 is 23.4 Å². The monoisotopic (exact) mass is 244 g/mol. The van der Waals surface area contributed by atoms with Gasteiger partial charge in [-0.15, -0.1) is 11.8 Å². The molecule has 0 aliphatic rings. The lowest BCUT2D eigenvalue weighted by atomic mass is 10.2. The van der Waals surface area contributed by atoms with Gasteiger partial charge in [-0.25, -0.2) is 4.79 Å². The van der Waals surface area contributed by atoms with E-state index in [0.29, 0.717) is 10.3 Å². The Bertz CT molecular complexity index is 366. The first kappa shape index (κ1) is 12.4. The number of carboxylic acids is 1. The summed E-state index contributed by atoms with van der Waals surface area (Å²) in [6, 6.07) is 5.18. The third-order valence-electron chi connectivity index (χ3n) is 2.09. The van der Waals surface area contributed by atoms with Crippen molar-refractivity contribution in [2.75, 3.05) is 0 Å². The lowest BCUT2D eigenvalue weighted by Crippen LogP contribution is -2.02. The van der Waals surface area contributed by atoms with Gasteiger partial charge in [-0.2, -0.15) is 0 Å². The average molecular weight is 245 g/mol. The summed E-state index contributed by atoms with van der Waals surface area (Å²) >= 11 is 7.40. The van der Waals surface area contributed by atoms with E-state index >= 15 is 0 Å². The van der Waals surface area contributed by atoms with Crippen LogP contribution in [0.25, 0.3) is 0 Å². The van der Waals surface area contributed by atoms with Crippen molar-refractivity contribution in [1.29, 1.82) is 0 Å². The summed E-state index contributed by atoms with van der Waals surface area (Å²) in [5.74, 6) is -0.966. The van der Waals surface area contributed by atoms with Crippen molar-refractivity contribution in [3.05, 3.63) is 28.8 Å². The number of halogens is 1. The highest BCUT2D eigenvalue weighted by Gasteiger charge is 2.15. The molecule has 2 nitrogen and oxygen atoms in total. The van der Waals surface area contributed by atoms with Gasteiger partial charge in [0.2, 0.25) is 0 Å². The molecule has 15 heavy (non-hydrogen) atoms. The largest absolute Gasteiger partial charge is 0.478 e. The molecule has 0 aliphatic carbocycles. The molecular weight excluding hydrogens is 232 g/mol. The number of carboxylic acid groups (broad SMARTS) is 1. The number of rotatable bonds is 4. The molecule has 0 amide bonds. The van der Waals surface area contributed by atoms with E-state index in [1.807, 2.05) is 0 Å². The zero-order valence-corrected chi connectivity index (χ0v) is 10.2. The van der Waals surface area contributed by atoms with E-state index in [9.17, 15) is 4.79 Å². The highest BCUT2D eigenvalue weighted by atomic mass is 35.5. The maximum absolute atomic E-state index is 11.0. The van der Waals surface area contributed by atoms with Crippen LogP contribution in [0.4, 0.5) is 0 Å². The van der Waals surface area contributed by atoms with Gasteiger partial charge in [-0.05, 0) is 18.6 Å². The van der Waals surface area contributed by atoms with Crippen LogP contribution in [0.1, 0.15) is 30.6 Å². The predicted octanol–water partition coefficient (Wildman–Crippen LogP) is 3.93. The van der Waals surface area contributed by atoms with Gasteiger partial charge < -0.3 is 5.11 Å². The first-order chi connectivity index (χ1) is 7.06. The van der Waals surface area contributed by atoms with Gasteiger partial charge in [0.1, 0.15) is 0 Å². The summed E-state index contributed by atoms with van der Waals surface area (Å²) in [4.78, 5) is 11.8. The SMILES string of the molecule is CCC(C)Sc1cccc(Cl)c1C(=O)O. The molecule has 1 unspecified atom stereocenters. The van der Waals surface area contributed by atoms with Gasteiger partial charge in [-0.1, -0.05) is 31.5 Å². The maximum Gasteiger partial charge on any atom is 0.338 e. The van der Waals surface area contributed by atoms with Crippen LogP contribution in [0, 0.1) is 0 Å². The molecule has 0 aliphatic heterocycles. The molecule has 1 aromatic rings. The van der Waals surface area contributed by atoms with Gasteiger partial charge in [0.25, 0.3) is 0 Å². The van der Waals surface area contributed by atoms with E-state index in [1.165, 1.54) is 0 Å². The van der Waals surface area contributed by atoms with E-state index in [0.717, 1.165) is 11.3 Å². The summed E-state index contributed by atoms with van der Waals surface area (Å²) in [5.41, 5.74) is 0.212. The lowest BCUT2D eigenvalue weighted by molar-refractivity contribution is 0.0693. The highest BCUT2D eigenvalue weighted by Crippen LogP contribution is 2.32. The number of carbonyl (C=O) groups is 1. The standard InChI is InChI=1S/C11H13ClO2S/c1-3-7(2)15-9-6-4-5-8(12)10(9)11(13)14/h4-7H,3H2,1-2H3,(H,13,14). The molecule has 0 heterocycles. The fraction of sp³-hybridized carbons (Fsp3) is 0.364. The van der Waals surface area contributed by atoms with Gasteiger partial charge in [-0.3, -0.25) is 0 Å². The second-order valence-corrected chi connectivity index (χ2v) is 5.14. The van der Waals surface area contributed by atoms with E-state index < -0.39 is 5.97 Å². The molecular formula is C11H13ClO2S. The Morgan fingerprint density at radius 1 is 1.60 bits per heavy atom. The number of hydrogen-bond acceptors (Lipinski definition) is 2. The minimum Gasteiger partial charge on any atom is -0.478 e. The zero-order valence-electron chi connectivity index (χ0n) is 8.66. The highest BCUT2D eigenvalue weighted by molar-refractivity contribution is 8.00. The summed E-state index contributed by atoms with van der Waals surface area (Å²) in [7, 11) is 0. The number of benzene rings is 1. The Morgan fingerprint density at radius 3 is 2.80 bits per heavy atom. The Balaban J connectivity index is 3.06. The van der Waals surface area contributed by atoms with Crippen molar-refractivity contribution in [2.24, 2.45) is 0 Å². The minimum absolute atomic E-state index is 0.212. The fourth-order valence-electron chi connectivity index (χ4n) is 1.11. The quantitative estimate of drug-likeness (QED) is 0.816. The van der Waals surface area contributed by atoms with Gasteiger partial charge in [0.05, 0.1) is 10.6 Å². The first-order valence-corrected chi connectivity index (χ1v) is 6.00. The summed E-state index contributed by atoms with van der Waals surface area (Å²) in [5, 5.41) is 9.73. The number of thioether (sulfide) groups is 1. The normalized spacial score (nSPS) is 12.5. The fourth-order valence-corrected chi connectivity index (χ4v) is 2.49. The minimum atomic E-state index is -0.966. The predicted molar refractivity (Wildman–Crippen MR) is 64.0 cm³/mol. The Morgan fingerprint density at radius 2 is 2.27 bits per heavy atom. The molecule has 1 aromatic carbocycles. The number of aromatic carboxylic acids is 1. The van der Waals surface area contributed by atoms with E-state index in [-0.39, 0.29) is 5.56 Å². The van der Waals surface area contributed by atoms with Crippen molar-refractivity contribution < 1.29 is 9.90 Å². The first-order valence-electron chi connectivity index (χ1n) is 4.74. The molecule has 1 N–H and O–H groups in total. The molecule has 0 radical (unpaired) electrons. The van der Waals surface area contributed by atoms with Crippen molar-refractivity contribution >= 4 is 29.3 Å². The van der Waals surface area contributed by atoms with Crippen LogP contribution in [0.15, 0.2) is 23.1 Å². The molecule has 0 saturated carbocycles. The van der Waals surface area contributed by atoms with Gasteiger partial charge >= 0.3 is 5.97 Å². The maximum atomic E-state index is 11.0.